The lowest BCUT2D eigenvalue weighted by Gasteiger charge is -2.44. The molecule has 2 saturated heterocycles. The average Bonchev–Trinajstić information content (AvgIpc) is 4.04. The maximum absolute atomic E-state index is 13.8. The fourth-order valence-electron chi connectivity index (χ4n) is 10.2. The van der Waals surface area contributed by atoms with E-state index in [9.17, 15) is 45.6 Å². The Morgan fingerprint density at radius 2 is 1.69 bits per heavy atom. The number of amides is 5. The van der Waals surface area contributed by atoms with Gasteiger partial charge in [-0.25, -0.2) is 17.8 Å². The van der Waals surface area contributed by atoms with E-state index in [2.05, 4.69) is 10.3 Å². The molecule has 4 aliphatic rings. The number of aryl methyl sites for hydroxylation is 1. The summed E-state index contributed by atoms with van der Waals surface area (Å²) >= 11 is 0. The Labute approximate surface area is 410 Å². The van der Waals surface area contributed by atoms with Crippen LogP contribution >= 0.6 is 0 Å². The molecule has 3 aromatic carbocycles. The van der Waals surface area contributed by atoms with Crippen molar-refractivity contribution in [1.29, 1.82) is 0 Å². The Kier molecular flexibility index (Phi) is 12.2. The smallest absolute Gasteiger partial charge is 0.355 e. The second-order valence-corrected chi connectivity index (χ2v) is 20.2. The number of nitrogens with zero attached hydrogens (tertiary/aromatic N) is 8. The molecule has 3 fully saturated rings. The van der Waals surface area contributed by atoms with Gasteiger partial charge in [0.15, 0.2) is 0 Å². The van der Waals surface area contributed by atoms with Crippen LogP contribution in [0.15, 0.2) is 79.3 Å². The van der Waals surface area contributed by atoms with Crippen LogP contribution in [-0.2, 0) is 31.5 Å². The number of rotatable bonds is 13. The number of hydrogen-bond acceptors (Lipinski definition) is 13. The summed E-state index contributed by atoms with van der Waals surface area (Å²) in [4.78, 5) is 74.6. The van der Waals surface area contributed by atoms with E-state index >= 15 is 0 Å². The number of hydrogen-bond donors (Lipinski definition) is 3. The third-order valence-corrected chi connectivity index (χ3v) is 15.1. The molecule has 5 amide bonds. The Balaban J connectivity index is 0.808. The molecule has 0 bridgehead atoms. The number of likely N-dealkylation sites (tertiary alicyclic amines) is 1. The predicted octanol–water partition coefficient (Wildman–Crippen LogP) is 5.80. The van der Waals surface area contributed by atoms with Crippen molar-refractivity contribution in [3.8, 4) is 28.1 Å². The highest BCUT2D eigenvalue weighted by Crippen LogP contribution is 2.43. The summed E-state index contributed by atoms with van der Waals surface area (Å²) in [6, 6.07) is 13.5. The molecule has 1 aliphatic carbocycles. The molecule has 1 unspecified atom stereocenters. The van der Waals surface area contributed by atoms with E-state index in [0.29, 0.717) is 77.7 Å². The topological polar surface area (TPSA) is 237 Å². The van der Waals surface area contributed by atoms with E-state index in [1.807, 2.05) is 32.4 Å². The molecule has 2 atom stereocenters. The summed E-state index contributed by atoms with van der Waals surface area (Å²) in [6.45, 7) is 2.68. The summed E-state index contributed by atoms with van der Waals surface area (Å²) in [6.07, 6.45) is 6.97. The van der Waals surface area contributed by atoms with Crippen LogP contribution < -0.4 is 25.4 Å². The van der Waals surface area contributed by atoms with Crippen molar-refractivity contribution in [3.63, 3.8) is 0 Å². The zero-order valence-corrected chi connectivity index (χ0v) is 39.9. The quantitative estimate of drug-likeness (QED) is 0.116. The van der Waals surface area contributed by atoms with Gasteiger partial charge in [-0.05, 0) is 81.0 Å². The summed E-state index contributed by atoms with van der Waals surface area (Å²) in [5.41, 5.74) is 10.5. The Morgan fingerprint density at radius 1 is 0.958 bits per heavy atom. The van der Waals surface area contributed by atoms with Gasteiger partial charge in [0, 0.05) is 74.6 Å². The number of benzene rings is 3. The molecule has 3 aliphatic heterocycles. The fraction of sp³-hybridized carbons (Fsp3) is 0.347. The van der Waals surface area contributed by atoms with Gasteiger partial charge in [0.05, 0.1) is 45.6 Å². The minimum Gasteiger partial charge on any atom is -0.484 e. The number of ether oxygens (including phenoxy) is 1. The number of anilines is 3. The number of nitrogen functional groups attached to an aromatic ring is 1. The molecule has 0 spiro atoms. The summed E-state index contributed by atoms with van der Waals surface area (Å²) < 4.78 is 76.8. The monoisotopic (exact) mass is 1010 g/mol. The highest BCUT2D eigenvalue weighted by Gasteiger charge is 2.47. The van der Waals surface area contributed by atoms with Crippen LogP contribution in [-0.4, -0.2) is 110 Å². The first-order valence-electron chi connectivity index (χ1n) is 23.3. The number of carbonyl (C=O) groups excluding carboxylic acids is 5. The number of nitrogens with one attached hydrogen (secondary N) is 2. The number of sulfonamides is 1. The molecule has 4 N–H and O–H groups in total. The molecular weight excluding hydrogens is 960 g/mol. The van der Waals surface area contributed by atoms with Crippen LogP contribution in [0.25, 0.3) is 33.3 Å². The molecule has 374 valence electrons. The first kappa shape index (κ1) is 47.8. The minimum absolute atomic E-state index is 0.0145. The van der Waals surface area contributed by atoms with Gasteiger partial charge < -0.3 is 20.3 Å². The number of fused-ring (bicyclic) bond motifs is 2. The molecule has 3 aromatic heterocycles. The van der Waals surface area contributed by atoms with Crippen molar-refractivity contribution in [3.05, 3.63) is 102 Å². The predicted molar refractivity (Wildman–Crippen MR) is 256 cm³/mol. The summed E-state index contributed by atoms with van der Waals surface area (Å²) in [7, 11) is -1.53. The van der Waals surface area contributed by atoms with Crippen molar-refractivity contribution in [2.24, 2.45) is 13.0 Å². The van der Waals surface area contributed by atoms with Gasteiger partial charge in [-0.3, -0.25) is 48.3 Å². The van der Waals surface area contributed by atoms with Crippen molar-refractivity contribution in [2.45, 2.75) is 75.4 Å². The Morgan fingerprint density at radius 3 is 2.40 bits per heavy atom. The van der Waals surface area contributed by atoms with Crippen LogP contribution in [0.2, 0.25) is 0 Å². The lowest BCUT2D eigenvalue weighted by molar-refractivity contribution is -0.140. The average molecular weight is 1010 g/mol. The second-order valence-electron chi connectivity index (χ2n) is 18.5. The van der Waals surface area contributed by atoms with Crippen molar-refractivity contribution >= 4 is 67.7 Å². The van der Waals surface area contributed by atoms with Gasteiger partial charge in [0.1, 0.15) is 35.2 Å². The van der Waals surface area contributed by atoms with Gasteiger partial charge in [-0.1, -0.05) is 24.3 Å². The number of piperidine rings is 2. The second kappa shape index (κ2) is 18.4. The zero-order chi connectivity index (χ0) is 50.9. The van der Waals surface area contributed by atoms with Crippen LogP contribution in [0, 0.1) is 11.7 Å². The number of aromatic nitrogens is 5. The van der Waals surface area contributed by atoms with Crippen molar-refractivity contribution in [1.82, 2.24) is 39.7 Å². The van der Waals surface area contributed by atoms with Crippen LogP contribution in [0.5, 0.6) is 5.75 Å². The van der Waals surface area contributed by atoms with Gasteiger partial charge in [-0.2, -0.15) is 19.0 Å². The van der Waals surface area contributed by atoms with Gasteiger partial charge in [0.2, 0.25) is 17.7 Å². The molecule has 10 rings (SSSR count). The number of carbonyl (C=O) groups is 5. The SMILES string of the molecule is C[C@H](Oc1cc(-c2nn(C)c3c(-c4cnn(C5CCN(C(=O)C6CC(N(C)c7cccc8c7C(=O)N(C7CCC(=O)NC7=O)C8=O)C6)CC5)c4)cnc(N)c23)ccc1NS(=O)(=O)C(F)F)c1ccc(F)cc1. The minimum atomic E-state index is -5.09. The Hall–Kier alpha value is -7.82. The van der Waals surface area contributed by atoms with Gasteiger partial charge in [0.25, 0.3) is 21.8 Å². The van der Waals surface area contributed by atoms with Crippen molar-refractivity contribution < 1.29 is 50.3 Å². The molecule has 1 saturated carbocycles. The normalized spacial score (nSPS) is 19.9. The van der Waals surface area contributed by atoms with Gasteiger partial charge >= 0.3 is 5.76 Å². The third kappa shape index (κ3) is 8.53. The summed E-state index contributed by atoms with van der Waals surface area (Å²) in [5, 5.41) is 12.2. The van der Waals surface area contributed by atoms with Gasteiger partial charge in [-0.15, -0.1) is 0 Å². The number of pyridine rings is 1. The third-order valence-electron chi connectivity index (χ3n) is 14.2. The highest BCUT2D eigenvalue weighted by molar-refractivity contribution is 7.93. The van der Waals surface area contributed by atoms with Crippen LogP contribution in [0.1, 0.15) is 83.9 Å². The van der Waals surface area contributed by atoms with Crippen LogP contribution in [0.3, 0.4) is 0 Å². The van der Waals surface area contributed by atoms with E-state index in [4.69, 9.17) is 20.7 Å². The molecular formula is C49H48F3N11O8S. The highest BCUT2D eigenvalue weighted by atomic mass is 32.2. The molecule has 6 heterocycles. The van der Waals surface area contributed by atoms with Crippen LogP contribution in [0.4, 0.5) is 30.4 Å². The number of nitrogens with two attached hydrogens (primary N) is 1. The maximum Gasteiger partial charge on any atom is 0.355 e. The molecule has 6 aromatic rings. The molecule has 23 heteroatoms. The van der Waals surface area contributed by atoms with Crippen molar-refractivity contribution in [2.75, 3.05) is 35.5 Å². The lowest BCUT2D eigenvalue weighted by Crippen LogP contribution is -2.54. The number of halogens is 3. The summed E-state index contributed by atoms with van der Waals surface area (Å²) in [5.74, 6) is -6.59. The fourth-order valence-corrected chi connectivity index (χ4v) is 10.7. The van der Waals surface area contributed by atoms with E-state index in [0.717, 1.165) is 10.5 Å². The van der Waals surface area contributed by atoms with E-state index in [1.165, 1.54) is 42.5 Å². The van der Waals surface area contributed by atoms with E-state index < -0.39 is 57.4 Å². The molecule has 19 nitrogen and oxygen atoms in total. The molecule has 72 heavy (non-hydrogen) atoms. The first-order chi connectivity index (χ1) is 34.4. The number of imide groups is 2. The first-order valence-corrected chi connectivity index (χ1v) is 24.8. The number of alkyl halides is 2. The zero-order valence-electron chi connectivity index (χ0n) is 39.1. The lowest BCUT2D eigenvalue weighted by atomic mass is 9.78. The Bertz CT molecular complexity index is 3320. The van der Waals surface area contributed by atoms with E-state index in [1.54, 1.807) is 49.2 Å². The van der Waals surface area contributed by atoms with E-state index in [-0.39, 0.29) is 65.1 Å². The maximum atomic E-state index is 13.8. The molecule has 0 radical (unpaired) electrons. The largest absolute Gasteiger partial charge is 0.484 e. The standard InChI is InChI=1S/C49H48F3N11O8S/c1-25(26-7-10-30(50)11-8-26)71-38-21-27(9-12-35(38)58-72(69,70)49(51)52)42-41-43(60(3)57-42)34(23-54-44(41)53)29-22-55-62(24-29)31-15-17-61(18-16-31)46(66)28-19-32(20-28)59(2)36-6-4-5-33-40(36)48(68)63(47(33)67)37-13-14-39(64)56-45(37)65/h4-12,21-25,28,31-32,37,49,58H,13-20H2,1-3H3,(H2,53,54)(H,56,64,65)/t25-,28?,32?,37?/m0/s1.